The molecule has 3 nitrogen and oxygen atoms in total. The molecule has 98 valence electrons. The zero-order valence-corrected chi connectivity index (χ0v) is 11.1. The van der Waals surface area contributed by atoms with Crippen LogP contribution in [0.2, 0.25) is 0 Å². The summed E-state index contributed by atoms with van der Waals surface area (Å²) in [5, 5.41) is 10.3. The average Bonchev–Trinajstić information content (AvgIpc) is 2.81. The van der Waals surface area contributed by atoms with Crippen molar-refractivity contribution in [3.63, 3.8) is 0 Å². The number of nitrogens with zero attached hydrogens (tertiary/aromatic N) is 2. The summed E-state index contributed by atoms with van der Waals surface area (Å²) < 4.78 is 0. The second-order valence-electron chi connectivity index (χ2n) is 5.14. The van der Waals surface area contributed by atoms with E-state index in [4.69, 9.17) is 0 Å². The minimum atomic E-state index is -0.458. The Bertz CT molecular complexity index is 568. The van der Waals surface area contributed by atoms with Crippen molar-refractivity contribution in [3.05, 3.63) is 59.4 Å². The molecular weight excluding hydrogens is 236 g/mol. The largest absolute Gasteiger partial charge is 0.388 e. The van der Waals surface area contributed by atoms with Gasteiger partial charge in [0.15, 0.2) is 0 Å². The molecule has 0 aliphatic carbocycles. The van der Waals surface area contributed by atoms with E-state index >= 15 is 0 Å². The lowest BCUT2D eigenvalue weighted by Crippen LogP contribution is -2.12. The Labute approximate surface area is 113 Å². The number of pyridine rings is 1. The number of hydrogen-bond donors (Lipinski definition) is 1. The first-order valence-electron chi connectivity index (χ1n) is 6.65. The van der Waals surface area contributed by atoms with Crippen molar-refractivity contribution in [2.24, 2.45) is 0 Å². The molecule has 0 amide bonds. The molecule has 3 rings (SSSR count). The highest BCUT2D eigenvalue weighted by atomic mass is 16.3. The Morgan fingerprint density at radius 3 is 3.05 bits per heavy atom. The smallest absolute Gasteiger partial charge is 0.0831 e. The molecule has 1 atom stereocenters. The predicted octanol–water partition coefficient (Wildman–Crippen LogP) is 2.35. The van der Waals surface area contributed by atoms with Crippen LogP contribution >= 0.6 is 0 Å². The van der Waals surface area contributed by atoms with E-state index in [9.17, 15) is 5.11 Å². The Kier molecular flexibility index (Phi) is 3.22. The van der Waals surface area contributed by atoms with Crippen molar-refractivity contribution < 1.29 is 5.11 Å². The molecule has 1 N–H and O–H groups in total. The fourth-order valence-corrected chi connectivity index (χ4v) is 2.65. The fourth-order valence-electron chi connectivity index (χ4n) is 2.65. The van der Waals surface area contributed by atoms with Crippen molar-refractivity contribution in [1.82, 2.24) is 4.98 Å². The monoisotopic (exact) mass is 254 g/mol. The molecule has 1 unspecified atom stereocenters. The molecule has 0 radical (unpaired) electrons. The molecule has 1 aromatic carbocycles. The molecule has 2 aromatic rings. The molecule has 2 heterocycles. The van der Waals surface area contributed by atoms with Crippen molar-refractivity contribution in [2.45, 2.75) is 18.9 Å². The van der Waals surface area contributed by atoms with E-state index in [0.29, 0.717) is 6.42 Å². The summed E-state index contributed by atoms with van der Waals surface area (Å²) in [4.78, 5) is 6.34. The van der Waals surface area contributed by atoms with Crippen LogP contribution in [-0.4, -0.2) is 23.7 Å². The summed E-state index contributed by atoms with van der Waals surface area (Å²) in [6, 6.07) is 10.2. The predicted molar refractivity (Wildman–Crippen MR) is 76.3 cm³/mol. The molecule has 0 bridgehead atoms. The van der Waals surface area contributed by atoms with Gasteiger partial charge >= 0.3 is 0 Å². The van der Waals surface area contributed by atoms with Gasteiger partial charge in [-0.3, -0.25) is 4.98 Å². The topological polar surface area (TPSA) is 36.4 Å². The summed E-state index contributed by atoms with van der Waals surface area (Å²) in [5.41, 5.74) is 4.69. The highest BCUT2D eigenvalue weighted by Gasteiger charge is 2.17. The number of aliphatic hydroxyl groups excluding tert-OH is 1. The zero-order valence-electron chi connectivity index (χ0n) is 11.1. The standard InChI is InChI=1S/C16H18N2O/c1-18-8-6-13-10-14(4-5-15(13)18)16(19)9-12-3-2-7-17-11-12/h2-5,7,10-11,16,19H,6,8-9H2,1H3. The van der Waals surface area contributed by atoms with Crippen LogP contribution in [0.15, 0.2) is 42.7 Å². The SMILES string of the molecule is CN1CCc2cc(C(O)Cc3cccnc3)ccc21. The van der Waals surface area contributed by atoms with Crippen LogP contribution in [0.1, 0.15) is 22.8 Å². The summed E-state index contributed by atoms with van der Waals surface area (Å²) in [6.07, 6.45) is 4.79. The van der Waals surface area contributed by atoms with E-state index in [-0.39, 0.29) is 0 Å². The maximum absolute atomic E-state index is 10.3. The third kappa shape index (κ3) is 2.47. The Morgan fingerprint density at radius 1 is 1.37 bits per heavy atom. The van der Waals surface area contributed by atoms with E-state index < -0.39 is 6.10 Å². The van der Waals surface area contributed by atoms with E-state index in [1.165, 1.54) is 11.3 Å². The third-order valence-corrected chi connectivity index (χ3v) is 3.77. The highest BCUT2D eigenvalue weighted by molar-refractivity contribution is 5.58. The number of likely N-dealkylation sites (N-methyl/N-ethyl adjacent to an activating group) is 1. The van der Waals surface area contributed by atoms with Gasteiger partial charge in [0.25, 0.3) is 0 Å². The maximum Gasteiger partial charge on any atom is 0.0831 e. The number of fused-ring (bicyclic) bond motifs is 1. The van der Waals surface area contributed by atoms with Crippen molar-refractivity contribution >= 4 is 5.69 Å². The van der Waals surface area contributed by atoms with Gasteiger partial charge in [0.1, 0.15) is 0 Å². The van der Waals surface area contributed by atoms with Crippen LogP contribution in [0.4, 0.5) is 5.69 Å². The molecule has 1 aromatic heterocycles. The second kappa shape index (κ2) is 5.02. The molecule has 0 saturated carbocycles. The van der Waals surface area contributed by atoms with Gasteiger partial charge in [-0.2, -0.15) is 0 Å². The van der Waals surface area contributed by atoms with Crippen LogP contribution in [0, 0.1) is 0 Å². The zero-order chi connectivity index (χ0) is 13.2. The van der Waals surface area contributed by atoms with Crippen molar-refractivity contribution in [3.8, 4) is 0 Å². The van der Waals surface area contributed by atoms with Gasteiger partial charge in [0.2, 0.25) is 0 Å². The van der Waals surface area contributed by atoms with Crippen LogP contribution in [0.5, 0.6) is 0 Å². The quantitative estimate of drug-likeness (QED) is 0.913. The summed E-state index contributed by atoms with van der Waals surface area (Å²) in [5.74, 6) is 0. The Morgan fingerprint density at radius 2 is 2.26 bits per heavy atom. The van der Waals surface area contributed by atoms with Crippen LogP contribution in [0.3, 0.4) is 0 Å². The number of aromatic nitrogens is 1. The lowest BCUT2D eigenvalue weighted by atomic mass is 9.99. The third-order valence-electron chi connectivity index (χ3n) is 3.77. The van der Waals surface area contributed by atoms with Gasteiger partial charge < -0.3 is 10.0 Å². The van der Waals surface area contributed by atoms with Crippen molar-refractivity contribution in [1.29, 1.82) is 0 Å². The van der Waals surface area contributed by atoms with Gasteiger partial charge in [0.05, 0.1) is 6.10 Å². The number of aliphatic hydroxyl groups is 1. The molecule has 3 heteroatoms. The maximum atomic E-state index is 10.3. The molecule has 0 fully saturated rings. The molecule has 0 saturated heterocycles. The number of anilines is 1. The second-order valence-corrected chi connectivity index (χ2v) is 5.14. The highest BCUT2D eigenvalue weighted by Crippen LogP contribution is 2.30. The average molecular weight is 254 g/mol. The summed E-state index contributed by atoms with van der Waals surface area (Å²) in [7, 11) is 2.11. The fraction of sp³-hybridized carbons (Fsp3) is 0.312. The van der Waals surface area contributed by atoms with Gasteiger partial charge in [-0.15, -0.1) is 0 Å². The molecule has 19 heavy (non-hydrogen) atoms. The number of rotatable bonds is 3. The van der Waals surface area contributed by atoms with Crippen LogP contribution in [-0.2, 0) is 12.8 Å². The van der Waals surface area contributed by atoms with Gasteiger partial charge in [-0.1, -0.05) is 18.2 Å². The minimum absolute atomic E-state index is 0.458. The lowest BCUT2D eigenvalue weighted by molar-refractivity contribution is 0.178. The first-order chi connectivity index (χ1) is 9.24. The molecular formula is C16H18N2O. The summed E-state index contributed by atoms with van der Waals surface area (Å²) >= 11 is 0. The van der Waals surface area contributed by atoms with E-state index in [1.807, 2.05) is 24.4 Å². The molecule has 1 aliphatic heterocycles. The van der Waals surface area contributed by atoms with Crippen LogP contribution < -0.4 is 4.90 Å². The molecule has 0 spiro atoms. The number of benzene rings is 1. The van der Waals surface area contributed by atoms with Crippen molar-refractivity contribution in [2.75, 3.05) is 18.5 Å². The van der Waals surface area contributed by atoms with Gasteiger partial charge in [-0.05, 0) is 35.2 Å². The van der Waals surface area contributed by atoms with Gasteiger partial charge in [0, 0.05) is 38.1 Å². The first-order valence-corrected chi connectivity index (χ1v) is 6.65. The minimum Gasteiger partial charge on any atom is -0.388 e. The Balaban J connectivity index is 1.79. The Hall–Kier alpha value is -1.87. The lowest BCUT2D eigenvalue weighted by Gasteiger charge is -2.15. The number of hydrogen-bond acceptors (Lipinski definition) is 3. The summed E-state index contributed by atoms with van der Waals surface area (Å²) in [6.45, 7) is 1.07. The van der Waals surface area contributed by atoms with E-state index in [1.54, 1.807) is 6.20 Å². The van der Waals surface area contributed by atoms with Gasteiger partial charge in [-0.25, -0.2) is 0 Å². The molecule has 1 aliphatic rings. The van der Waals surface area contributed by atoms with E-state index in [2.05, 4.69) is 29.1 Å². The van der Waals surface area contributed by atoms with E-state index in [0.717, 1.165) is 24.1 Å². The first kappa shape index (κ1) is 12.2. The normalized spacial score (nSPS) is 15.4. The van der Waals surface area contributed by atoms with Crippen LogP contribution in [0.25, 0.3) is 0 Å².